The zero-order valence-electron chi connectivity index (χ0n) is 18.7. The van der Waals surface area contributed by atoms with E-state index < -0.39 is 10.3 Å². The monoisotopic (exact) mass is 477 g/mol. The minimum absolute atomic E-state index is 0.284. The Morgan fingerprint density at radius 1 is 0.969 bits per heavy atom. The molecule has 32 heavy (non-hydrogen) atoms. The van der Waals surface area contributed by atoms with E-state index in [1.807, 2.05) is 45.0 Å². The van der Waals surface area contributed by atoms with Gasteiger partial charge in [-0.1, -0.05) is 11.6 Å². The van der Waals surface area contributed by atoms with Crippen LogP contribution >= 0.6 is 23.4 Å². The number of hydrogen-bond acceptors (Lipinski definition) is 6. The lowest BCUT2D eigenvalue weighted by atomic mass is 9.96. The topological polar surface area (TPSA) is 65.1 Å². The van der Waals surface area contributed by atoms with Crippen LogP contribution in [0, 0.1) is 0 Å². The van der Waals surface area contributed by atoms with Crippen LogP contribution in [0.2, 0.25) is 5.02 Å². The molecule has 1 fully saturated rings. The van der Waals surface area contributed by atoms with E-state index in [2.05, 4.69) is 0 Å². The normalized spacial score (nSPS) is 15.7. The maximum Gasteiger partial charge on any atom is 0.410 e. The first-order valence-electron chi connectivity index (χ1n) is 10.4. The maximum absolute atomic E-state index is 12.7. The molecule has 1 aliphatic rings. The van der Waals surface area contributed by atoms with Crippen LogP contribution in [-0.2, 0) is 14.3 Å². The van der Waals surface area contributed by atoms with Gasteiger partial charge in [0.1, 0.15) is 21.8 Å². The summed E-state index contributed by atoms with van der Waals surface area (Å²) in [6.45, 7) is 6.36. The van der Waals surface area contributed by atoms with Gasteiger partial charge in [-0.3, -0.25) is 4.79 Å². The maximum atomic E-state index is 12.7. The third kappa shape index (κ3) is 6.33. The smallest absolute Gasteiger partial charge is 0.410 e. The van der Waals surface area contributed by atoms with Crippen molar-refractivity contribution in [1.82, 2.24) is 4.90 Å². The molecule has 0 radical (unpaired) electrons. The minimum atomic E-state index is -0.758. The van der Waals surface area contributed by atoms with Gasteiger partial charge in [-0.15, -0.1) is 11.8 Å². The molecule has 0 spiro atoms. The van der Waals surface area contributed by atoms with E-state index in [1.165, 1.54) is 18.9 Å². The highest BCUT2D eigenvalue weighted by molar-refractivity contribution is 8.01. The molecule has 0 saturated carbocycles. The van der Waals surface area contributed by atoms with Crippen LogP contribution in [0.3, 0.4) is 0 Å². The Morgan fingerprint density at radius 3 is 2.00 bits per heavy atom. The number of methoxy groups -OCH3 is 1. The van der Waals surface area contributed by atoms with E-state index in [4.69, 9.17) is 25.8 Å². The lowest BCUT2D eigenvalue weighted by molar-refractivity contribution is -0.144. The average molecular weight is 478 g/mol. The predicted octanol–water partition coefficient (Wildman–Crippen LogP) is 6.17. The summed E-state index contributed by atoms with van der Waals surface area (Å²) >= 11 is 7.37. The van der Waals surface area contributed by atoms with Crippen molar-refractivity contribution in [3.8, 4) is 11.5 Å². The average Bonchev–Trinajstić information content (AvgIpc) is 2.75. The van der Waals surface area contributed by atoms with Gasteiger partial charge >= 0.3 is 12.1 Å². The fraction of sp³-hybridized carbons (Fsp3) is 0.417. The number of amides is 1. The van der Waals surface area contributed by atoms with Crippen LogP contribution < -0.4 is 4.74 Å². The number of carbonyl (C=O) groups excluding carboxylic acids is 2. The molecule has 8 heteroatoms. The van der Waals surface area contributed by atoms with Gasteiger partial charge in [0.15, 0.2) is 0 Å². The van der Waals surface area contributed by atoms with Gasteiger partial charge in [0, 0.05) is 23.0 Å². The molecular formula is C24H28ClNO5S. The SMILES string of the molecule is COC(=O)C1(Sc2ccc(Oc3ccc(Cl)cc3)cc2)CCN(C(=O)OC(C)(C)C)CC1. The highest BCUT2D eigenvalue weighted by Crippen LogP contribution is 2.42. The van der Waals surface area contributed by atoms with Crippen LogP contribution in [0.5, 0.6) is 11.5 Å². The molecule has 1 heterocycles. The van der Waals surface area contributed by atoms with E-state index in [1.54, 1.807) is 29.2 Å². The van der Waals surface area contributed by atoms with Crippen molar-refractivity contribution in [3.63, 3.8) is 0 Å². The number of halogens is 1. The minimum Gasteiger partial charge on any atom is -0.468 e. The highest BCUT2D eigenvalue weighted by atomic mass is 35.5. The van der Waals surface area contributed by atoms with Gasteiger partial charge in [-0.05, 0) is 82.1 Å². The molecule has 0 unspecified atom stereocenters. The van der Waals surface area contributed by atoms with E-state index in [0.717, 1.165) is 4.90 Å². The summed E-state index contributed by atoms with van der Waals surface area (Å²) in [6, 6.07) is 14.7. The third-order valence-electron chi connectivity index (χ3n) is 4.97. The molecule has 2 aromatic rings. The molecule has 1 saturated heterocycles. The molecule has 0 aliphatic carbocycles. The number of rotatable bonds is 5. The van der Waals surface area contributed by atoms with Crippen molar-refractivity contribution in [3.05, 3.63) is 53.6 Å². The van der Waals surface area contributed by atoms with E-state index in [-0.39, 0.29) is 12.1 Å². The van der Waals surface area contributed by atoms with Gasteiger partial charge in [0.25, 0.3) is 0 Å². The summed E-state index contributed by atoms with van der Waals surface area (Å²) in [6.07, 6.45) is 0.601. The second-order valence-electron chi connectivity index (χ2n) is 8.58. The lowest BCUT2D eigenvalue weighted by Crippen LogP contribution is -2.50. The number of nitrogens with zero attached hydrogens (tertiary/aromatic N) is 1. The summed E-state index contributed by atoms with van der Waals surface area (Å²) in [5.41, 5.74) is -0.557. The molecule has 1 aliphatic heterocycles. The van der Waals surface area contributed by atoms with Crippen molar-refractivity contribution in [2.75, 3.05) is 20.2 Å². The Hall–Kier alpha value is -2.38. The number of likely N-dealkylation sites (tertiary alicyclic amines) is 1. The summed E-state index contributed by atoms with van der Waals surface area (Å²) in [5, 5.41) is 0.648. The summed E-state index contributed by atoms with van der Waals surface area (Å²) in [5.74, 6) is 1.09. The van der Waals surface area contributed by atoms with Gasteiger partial charge in [0.2, 0.25) is 0 Å². The molecule has 172 valence electrons. The molecular weight excluding hydrogens is 450 g/mol. The molecule has 2 aromatic carbocycles. The Bertz CT molecular complexity index is 932. The van der Waals surface area contributed by atoms with Crippen molar-refractivity contribution in [2.45, 2.75) is 48.9 Å². The van der Waals surface area contributed by atoms with Crippen molar-refractivity contribution in [1.29, 1.82) is 0 Å². The Labute approximate surface area is 198 Å². The number of esters is 1. The molecule has 0 bridgehead atoms. The first-order chi connectivity index (χ1) is 15.1. The van der Waals surface area contributed by atoms with Crippen LogP contribution in [0.1, 0.15) is 33.6 Å². The zero-order chi connectivity index (χ0) is 23.4. The highest BCUT2D eigenvalue weighted by Gasteiger charge is 2.45. The standard InChI is InChI=1S/C24H28ClNO5S/c1-23(2,3)31-22(28)26-15-13-24(14-16-26,21(27)29-4)32-20-11-9-19(10-12-20)30-18-7-5-17(25)6-8-18/h5-12H,13-16H2,1-4H3. The molecule has 1 amide bonds. The summed E-state index contributed by atoms with van der Waals surface area (Å²) < 4.78 is 15.7. The van der Waals surface area contributed by atoms with Gasteiger partial charge < -0.3 is 19.1 Å². The Balaban J connectivity index is 1.66. The van der Waals surface area contributed by atoms with Crippen LogP contribution in [0.15, 0.2) is 53.4 Å². The third-order valence-corrected chi connectivity index (χ3v) is 6.69. The molecule has 3 rings (SSSR count). The van der Waals surface area contributed by atoms with Crippen LogP contribution in [0.25, 0.3) is 0 Å². The molecule has 6 nitrogen and oxygen atoms in total. The Kier molecular flexibility index (Phi) is 7.62. The second kappa shape index (κ2) is 10.0. The fourth-order valence-corrected chi connectivity index (χ4v) is 4.75. The Morgan fingerprint density at radius 2 is 1.50 bits per heavy atom. The van der Waals surface area contributed by atoms with Crippen molar-refractivity contribution in [2.24, 2.45) is 0 Å². The van der Waals surface area contributed by atoms with Crippen LogP contribution in [0.4, 0.5) is 4.79 Å². The first-order valence-corrected chi connectivity index (χ1v) is 11.6. The number of carbonyl (C=O) groups is 2. The number of piperidine rings is 1. The quantitative estimate of drug-likeness (QED) is 0.480. The number of thioether (sulfide) groups is 1. The second-order valence-corrected chi connectivity index (χ2v) is 10.5. The number of ether oxygens (including phenoxy) is 3. The van der Waals surface area contributed by atoms with Gasteiger partial charge in [0.05, 0.1) is 7.11 Å². The van der Waals surface area contributed by atoms with Gasteiger partial charge in [-0.25, -0.2) is 4.79 Å². The molecule has 0 atom stereocenters. The van der Waals surface area contributed by atoms with Crippen LogP contribution in [-0.4, -0.2) is 47.5 Å². The van der Waals surface area contributed by atoms with Gasteiger partial charge in [-0.2, -0.15) is 0 Å². The number of hydrogen-bond donors (Lipinski definition) is 0. The lowest BCUT2D eigenvalue weighted by Gasteiger charge is -2.39. The fourth-order valence-electron chi connectivity index (χ4n) is 3.35. The van der Waals surface area contributed by atoms with E-state index >= 15 is 0 Å². The number of benzene rings is 2. The van der Waals surface area contributed by atoms with Crippen molar-refractivity contribution < 1.29 is 23.8 Å². The van der Waals surface area contributed by atoms with Crippen molar-refractivity contribution >= 4 is 35.4 Å². The predicted molar refractivity (Wildman–Crippen MR) is 126 cm³/mol. The summed E-state index contributed by atoms with van der Waals surface area (Å²) in [7, 11) is 1.40. The molecule has 0 N–H and O–H groups in total. The summed E-state index contributed by atoms with van der Waals surface area (Å²) in [4.78, 5) is 27.7. The largest absolute Gasteiger partial charge is 0.468 e. The molecule has 0 aromatic heterocycles. The van der Waals surface area contributed by atoms with E-state index in [0.29, 0.717) is 42.5 Å². The zero-order valence-corrected chi connectivity index (χ0v) is 20.3. The van der Waals surface area contributed by atoms with E-state index in [9.17, 15) is 9.59 Å². The first kappa shape index (κ1) is 24.3.